The molecule has 8 nitrogen and oxygen atoms in total. The first-order valence-electron chi connectivity index (χ1n) is 6.43. The van der Waals surface area contributed by atoms with Crippen LogP contribution in [0.3, 0.4) is 0 Å². The van der Waals surface area contributed by atoms with Crippen LogP contribution in [-0.2, 0) is 4.74 Å². The van der Waals surface area contributed by atoms with Gasteiger partial charge in [-0.15, -0.1) is 0 Å². The highest BCUT2D eigenvalue weighted by Gasteiger charge is 2.39. The molecule has 114 valence electrons. The zero-order valence-corrected chi connectivity index (χ0v) is 11.4. The molecule has 1 aromatic carbocycles. The maximum Gasteiger partial charge on any atom is 0.335 e. The van der Waals surface area contributed by atoms with Crippen LogP contribution in [0.2, 0.25) is 0 Å². The van der Waals surface area contributed by atoms with E-state index in [-0.39, 0.29) is 23.5 Å². The highest BCUT2D eigenvalue weighted by molar-refractivity contribution is 5.90. The quantitative estimate of drug-likeness (QED) is 0.552. The van der Waals surface area contributed by atoms with Crippen LogP contribution < -0.4 is 5.32 Å². The van der Waals surface area contributed by atoms with Crippen LogP contribution >= 0.6 is 0 Å². The smallest absolute Gasteiger partial charge is 0.335 e. The van der Waals surface area contributed by atoms with Crippen molar-refractivity contribution in [1.82, 2.24) is 0 Å². The Bertz CT molecular complexity index is 576. The summed E-state index contributed by atoms with van der Waals surface area (Å²) < 4.78 is 5.28. The fourth-order valence-electron chi connectivity index (χ4n) is 2.22. The van der Waals surface area contributed by atoms with E-state index in [1.165, 1.54) is 12.1 Å². The van der Waals surface area contributed by atoms with E-state index in [9.17, 15) is 20.0 Å². The molecule has 1 fully saturated rings. The molecule has 1 aliphatic heterocycles. The average Bonchev–Trinajstić information content (AvgIpc) is 2.76. The molecule has 1 aliphatic rings. The third-order valence-corrected chi connectivity index (χ3v) is 3.68. The molecule has 1 heterocycles. The Kier molecular flexibility index (Phi) is 4.10. The zero-order chi connectivity index (χ0) is 15.6. The topological polar surface area (TPSA) is 122 Å². The second kappa shape index (κ2) is 5.66. The normalized spacial score (nSPS) is 24.8. The summed E-state index contributed by atoms with van der Waals surface area (Å²) in [5.41, 5.74) is -1.37. The van der Waals surface area contributed by atoms with Gasteiger partial charge in [0.15, 0.2) is 0 Å². The molecule has 0 amide bonds. The SMILES string of the molecule is CC1OCCC1(O)CNc1cc(C(=O)O)ccc1[N+](=O)[O-]. The summed E-state index contributed by atoms with van der Waals surface area (Å²) in [6.07, 6.45) is 0.0137. The maximum atomic E-state index is 11.0. The number of rotatable bonds is 5. The summed E-state index contributed by atoms with van der Waals surface area (Å²) >= 11 is 0. The predicted octanol–water partition coefficient (Wildman–Crippen LogP) is 1.24. The molecule has 8 heteroatoms. The van der Waals surface area contributed by atoms with E-state index in [1.54, 1.807) is 6.92 Å². The number of carboxylic acid groups (broad SMARTS) is 1. The van der Waals surface area contributed by atoms with Crippen LogP contribution in [0.1, 0.15) is 23.7 Å². The fourth-order valence-corrected chi connectivity index (χ4v) is 2.22. The Morgan fingerprint density at radius 3 is 2.86 bits per heavy atom. The lowest BCUT2D eigenvalue weighted by molar-refractivity contribution is -0.384. The molecule has 2 rings (SSSR count). The van der Waals surface area contributed by atoms with Gasteiger partial charge in [-0.1, -0.05) is 0 Å². The highest BCUT2D eigenvalue weighted by Crippen LogP contribution is 2.29. The van der Waals surface area contributed by atoms with Gasteiger partial charge in [0.25, 0.3) is 5.69 Å². The van der Waals surface area contributed by atoms with Crippen molar-refractivity contribution in [1.29, 1.82) is 0 Å². The van der Waals surface area contributed by atoms with Crippen molar-refractivity contribution in [3.8, 4) is 0 Å². The van der Waals surface area contributed by atoms with Gasteiger partial charge >= 0.3 is 5.97 Å². The molecule has 1 aromatic rings. The van der Waals surface area contributed by atoms with Gasteiger partial charge in [-0.25, -0.2) is 4.79 Å². The second-order valence-corrected chi connectivity index (χ2v) is 5.01. The predicted molar refractivity (Wildman–Crippen MR) is 73.5 cm³/mol. The minimum atomic E-state index is -1.18. The Balaban J connectivity index is 2.23. The van der Waals surface area contributed by atoms with Gasteiger partial charge in [-0.3, -0.25) is 10.1 Å². The number of aromatic carboxylic acids is 1. The Morgan fingerprint density at radius 1 is 1.62 bits per heavy atom. The number of benzene rings is 1. The third kappa shape index (κ3) is 3.11. The number of nitro benzene ring substituents is 1. The molecule has 3 N–H and O–H groups in total. The molecule has 0 spiro atoms. The number of carboxylic acids is 1. The number of carbonyl (C=O) groups is 1. The molecule has 21 heavy (non-hydrogen) atoms. The van der Waals surface area contributed by atoms with E-state index in [0.29, 0.717) is 13.0 Å². The molecule has 0 saturated carbocycles. The van der Waals surface area contributed by atoms with Crippen LogP contribution in [0.15, 0.2) is 18.2 Å². The number of nitrogens with zero attached hydrogens (tertiary/aromatic N) is 1. The van der Waals surface area contributed by atoms with E-state index in [0.717, 1.165) is 6.07 Å². The Labute approximate surface area is 120 Å². The number of hydrogen-bond donors (Lipinski definition) is 3. The lowest BCUT2D eigenvalue weighted by atomic mass is 9.96. The molecular formula is C13H16N2O6. The molecule has 0 aliphatic carbocycles. The number of ether oxygens (including phenoxy) is 1. The lowest BCUT2D eigenvalue weighted by Crippen LogP contribution is -2.43. The molecule has 0 aromatic heterocycles. The summed E-state index contributed by atoms with van der Waals surface area (Å²) in [7, 11) is 0. The summed E-state index contributed by atoms with van der Waals surface area (Å²) in [4.78, 5) is 21.3. The van der Waals surface area contributed by atoms with Gasteiger partial charge in [0.1, 0.15) is 11.3 Å². The van der Waals surface area contributed by atoms with Gasteiger partial charge in [0.2, 0.25) is 0 Å². The van der Waals surface area contributed by atoms with E-state index in [1.807, 2.05) is 0 Å². The van der Waals surface area contributed by atoms with Crippen molar-refractivity contribution in [2.24, 2.45) is 0 Å². The van der Waals surface area contributed by atoms with Gasteiger partial charge in [-0.05, 0) is 19.1 Å². The number of anilines is 1. The van der Waals surface area contributed by atoms with Crippen LogP contribution in [-0.4, -0.2) is 46.0 Å². The van der Waals surface area contributed by atoms with Crippen LogP contribution in [0, 0.1) is 10.1 Å². The van der Waals surface area contributed by atoms with Crippen molar-refractivity contribution in [2.45, 2.75) is 25.0 Å². The van der Waals surface area contributed by atoms with E-state index in [4.69, 9.17) is 9.84 Å². The van der Waals surface area contributed by atoms with Crippen molar-refractivity contribution in [2.75, 3.05) is 18.5 Å². The molecule has 1 saturated heterocycles. The second-order valence-electron chi connectivity index (χ2n) is 5.01. The first-order valence-corrected chi connectivity index (χ1v) is 6.43. The highest BCUT2D eigenvalue weighted by atomic mass is 16.6. The maximum absolute atomic E-state index is 11.0. The summed E-state index contributed by atoms with van der Waals surface area (Å²) in [5, 5.41) is 33.0. The van der Waals surface area contributed by atoms with Gasteiger partial charge in [-0.2, -0.15) is 0 Å². The van der Waals surface area contributed by atoms with Crippen molar-refractivity contribution < 1.29 is 24.7 Å². The monoisotopic (exact) mass is 296 g/mol. The van der Waals surface area contributed by atoms with Crippen LogP contribution in [0.4, 0.5) is 11.4 Å². The fraction of sp³-hybridized carbons (Fsp3) is 0.462. The summed E-state index contributed by atoms with van der Waals surface area (Å²) in [6.45, 7) is 2.17. The van der Waals surface area contributed by atoms with Crippen molar-refractivity contribution in [3.05, 3.63) is 33.9 Å². The lowest BCUT2D eigenvalue weighted by Gasteiger charge is -2.26. The van der Waals surface area contributed by atoms with Gasteiger partial charge in [0.05, 0.1) is 16.6 Å². The first kappa shape index (κ1) is 15.2. The van der Waals surface area contributed by atoms with E-state index >= 15 is 0 Å². The first-order chi connectivity index (χ1) is 9.83. The van der Waals surface area contributed by atoms with Crippen molar-refractivity contribution in [3.63, 3.8) is 0 Å². The Hall–Kier alpha value is -2.19. The third-order valence-electron chi connectivity index (χ3n) is 3.68. The molecule has 0 radical (unpaired) electrons. The zero-order valence-electron chi connectivity index (χ0n) is 11.4. The number of nitrogens with one attached hydrogen (secondary N) is 1. The minimum absolute atomic E-state index is 0.0398. The Morgan fingerprint density at radius 2 is 2.33 bits per heavy atom. The number of hydrogen-bond acceptors (Lipinski definition) is 6. The van der Waals surface area contributed by atoms with Gasteiger partial charge < -0.3 is 20.3 Å². The number of aliphatic hydroxyl groups is 1. The molecular weight excluding hydrogens is 280 g/mol. The summed E-state index contributed by atoms with van der Waals surface area (Å²) in [5.74, 6) is -1.18. The largest absolute Gasteiger partial charge is 0.478 e. The average molecular weight is 296 g/mol. The molecule has 0 bridgehead atoms. The molecule has 2 atom stereocenters. The molecule has 2 unspecified atom stereocenters. The number of nitro groups is 1. The minimum Gasteiger partial charge on any atom is -0.478 e. The van der Waals surface area contributed by atoms with Crippen LogP contribution in [0.25, 0.3) is 0 Å². The van der Waals surface area contributed by atoms with E-state index in [2.05, 4.69) is 5.32 Å². The van der Waals surface area contributed by atoms with Crippen LogP contribution in [0.5, 0.6) is 0 Å². The standard InChI is InChI=1S/C13H16N2O6/c1-8-13(18,4-5-21-8)7-14-10-6-9(12(16)17)2-3-11(10)15(19)20/h2-3,6,8,14,18H,4-5,7H2,1H3,(H,16,17). The summed E-state index contributed by atoms with van der Waals surface area (Å²) in [6, 6.07) is 3.48. The van der Waals surface area contributed by atoms with E-state index < -0.39 is 22.6 Å². The van der Waals surface area contributed by atoms with Crippen molar-refractivity contribution >= 4 is 17.3 Å². The van der Waals surface area contributed by atoms with Gasteiger partial charge in [0, 0.05) is 25.6 Å².